The number of carbonyl (C=O) groups is 1. The second kappa shape index (κ2) is 9.10. The average Bonchev–Trinajstić information content (AvgIpc) is 2.68. The third-order valence-electron chi connectivity index (χ3n) is 4.22. The summed E-state index contributed by atoms with van der Waals surface area (Å²) >= 11 is 0. The Labute approximate surface area is 163 Å². The highest BCUT2D eigenvalue weighted by Crippen LogP contribution is 2.22. The molecule has 5 nitrogen and oxygen atoms in total. The van der Waals surface area contributed by atoms with Crippen LogP contribution in [0, 0.1) is 12.7 Å². The van der Waals surface area contributed by atoms with E-state index in [1.807, 2.05) is 18.2 Å². The molecule has 3 aromatic rings. The molecule has 0 saturated carbocycles. The molecule has 3 N–H and O–H groups in total. The summed E-state index contributed by atoms with van der Waals surface area (Å²) in [6.45, 7) is 1.91. The van der Waals surface area contributed by atoms with Gasteiger partial charge in [-0.2, -0.15) is 0 Å². The summed E-state index contributed by atoms with van der Waals surface area (Å²) in [7, 11) is 0. The zero-order chi connectivity index (χ0) is 19.9. The molecule has 2 aromatic carbocycles. The standard InChI is InChI=1S/C22H22FN3O2/c1-15-4-2-5-16(12-15)13-17-8-9-24-20(14-17)26-19-7-3-6-18(21(19)23)22(28)25-10-11-27/h2-9,12,14,27H,10-11,13H2,1H3,(H,24,26)(H,25,28). The van der Waals surface area contributed by atoms with Crippen molar-refractivity contribution in [2.24, 2.45) is 0 Å². The van der Waals surface area contributed by atoms with E-state index in [-0.39, 0.29) is 24.4 Å². The number of rotatable bonds is 7. The summed E-state index contributed by atoms with van der Waals surface area (Å²) in [4.78, 5) is 16.3. The van der Waals surface area contributed by atoms with Crippen LogP contribution in [0.15, 0.2) is 60.8 Å². The van der Waals surface area contributed by atoms with Crippen molar-refractivity contribution < 1.29 is 14.3 Å². The number of amides is 1. The zero-order valence-electron chi connectivity index (χ0n) is 15.6. The predicted molar refractivity (Wildman–Crippen MR) is 107 cm³/mol. The van der Waals surface area contributed by atoms with Crippen LogP contribution < -0.4 is 10.6 Å². The van der Waals surface area contributed by atoms with E-state index in [0.29, 0.717) is 5.82 Å². The van der Waals surface area contributed by atoms with Gasteiger partial charge in [-0.25, -0.2) is 9.37 Å². The number of aliphatic hydroxyl groups is 1. The van der Waals surface area contributed by atoms with E-state index in [1.54, 1.807) is 18.3 Å². The first-order valence-corrected chi connectivity index (χ1v) is 9.02. The number of carbonyl (C=O) groups excluding carboxylic acids is 1. The zero-order valence-corrected chi connectivity index (χ0v) is 15.6. The summed E-state index contributed by atoms with van der Waals surface area (Å²) in [6.07, 6.45) is 2.41. The lowest BCUT2D eigenvalue weighted by atomic mass is 10.0. The topological polar surface area (TPSA) is 74.2 Å². The van der Waals surface area contributed by atoms with E-state index in [1.165, 1.54) is 17.2 Å². The molecule has 0 atom stereocenters. The number of aliphatic hydroxyl groups excluding tert-OH is 1. The van der Waals surface area contributed by atoms with E-state index in [2.05, 4.69) is 40.7 Å². The van der Waals surface area contributed by atoms with Crippen molar-refractivity contribution in [1.29, 1.82) is 0 Å². The monoisotopic (exact) mass is 379 g/mol. The molecular formula is C22H22FN3O2. The van der Waals surface area contributed by atoms with E-state index in [0.717, 1.165) is 12.0 Å². The molecule has 0 fully saturated rings. The van der Waals surface area contributed by atoms with Crippen molar-refractivity contribution >= 4 is 17.4 Å². The molecule has 0 aliphatic rings. The maximum atomic E-state index is 14.7. The van der Waals surface area contributed by atoms with Gasteiger partial charge in [-0.1, -0.05) is 35.9 Å². The van der Waals surface area contributed by atoms with E-state index >= 15 is 0 Å². The number of pyridine rings is 1. The van der Waals surface area contributed by atoms with E-state index < -0.39 is 11.7 Å². The number of nitrogens with zero attached hydrogens (tertiary/aromatic N) is 1. The average molecular weight is 379 g/mol. The summed E-state index contributed by atoms with van der Waals surface area (Å²) in [5.41, 5.74) is 3.50. The third kappa shape index (κ3) is 4.92. The molecular weight excluding hydrogens is 357 g/mol. The molecule has 1 aromatic heterocycles. The first-order valence-electron chi connectivity index (χ1n) is 9.02. The number of benzene rings is 2. The Hall–Kier alpha value is -3.25. The second-order valence-corrected chi connectivity index (χ2v) is 6.49. The SMILES string of the molecule is Cc1cccc(Cc2ccnc(Nc3cccc(C(=O)NCCO)c3F)c2)c1. The minimum atomic E-state index is -0.663. The second-order valence-electron chi connectivity index (χ2n) is 6.49. The van der Waals surface area contributed by atoms with Gasteiger partial charge in [0.25, 0.3) is 5.91 Å². The van der Waals surface area contributed by atoms with Gasteiger partial charge in [0.15, 0.2) is 5.82 Å². The molecule has 0 spiro atoms. The largest absolute Gasteiger partial charge is 0.395 e. The number of hydrogen-bond donors (Lipinski definition) is 3. The molecule has 0 bridgehead atoms. The van der Waals surface area contributed by atoms with Gasteiger partial charge in [-0.3, -0.25) is 4.79 Å². The minimum absolute atomic E-state index is 0.0679. The summed E-state index contributed by atoms with van der Waals surface area (Å²) in [6, 6.07) is 16.6. The van der Waals surface area contributed by atoms with Crippen molar-refractivity contribution in [1.82, 2.24) is 10.3 Å². The number of aryl methyl sites for hydroxylation is 1. The van der Waals surface area contributed by atoms with Gasteiger partial charge >= 0.3 is 0 Å². The lowest BCUT2D eigenvalue weighted by Crippen LogP contribution is -2.27. The van der Waals surface area contributed by atoms with Gasteiger partial charge in [0.05, 0.1) is 17.9 Å². The Morgan fingerprint density at radius 1 is 1.11 bits per heavy atom. The molecule has 3 rings (SSSR count). The molecule has 144 valence electrons. The number of aromatic nitrogens is 1. The fraction of sp³-hybridized carbons (Fsp3) is 0.182. The van der Waals surface area contributed by atoms with Crippen molar-refractivity contribution in [3.05, 3.63) is 88.9 Å². The van der Waals surface area contributed by atoms with Crippen molar-refractivity contribution in [3.63, 3.8) is 0 Å². The van der Waals surface area contributed by atoms with Crippen LogP contribution in [-0.2, 0) is 6.42 Å². The van der Waals surface area contributed by atoms with Gasteiger partial charge in [0.1, 0.15) is 5.82 Å². The molecule has 0 aliphatic heterocycles. The Morgan fingerprint density at radius 2 is 1.89 bits per heavy atom. The maximum Gasteiger partial charge on any atom is 0.254 e. The Morgan fingerprint density at radius 3 is 2.68 bits per heavy atom. The minimum Gasteiger partial charge on any atom is -0.395 e. The Balaban J connectivity index is 1.78. The number of hydrogen-bond acceptors (Lipinski definition) is 4. The van der Waals surface area contributed by atoms with Crippen LogP contribution in [0.5, 0.6) is 0 Å². The normalized spacial score (nSPS) is 10.5. The predicted octanol–water partition coefficient (Wildman–Crippen LogP) is 3.59. The molecule has 6 heteroatoms. The molecule has 0 radical (unpaired) electrons. The van der Waals surface area contributed by atoms with Gasteiger partial charge in [-0.05, 0) is 48.7 Å². The van der Waals surface area contributed by atoms with E-state index in [9.17, 15) is 9.18 Å². The molecule has 0 saturated heterocycles. The maximum absolute atomic E-state index is 14.7. The van der Waals surface area contributed by atoms with Gasteiger partial charge < -0.3 is 15.7 Å². The Bertz CT molecular complexity index is 976. The lowest BCUT2D eigenvalue weighted by molar-refractivity contribution is 0.0941. The molecule has 1 amide bonds. The highest BCUT2D eigenvalue weighted by atomic mass is 19.1. The fourth-order valence-corrected chi connectivity index (χ4v) is 2.92. The molecule has 28 heavy (non-hydrogen) atoms. The summed E-state index contributed by atoms with van der Waals surface area (Å²) in [5.74, 6) is -0.739. The van der Waals surface area contributed by atoms with Crippen LogP contribution in [0.2, 0.25) is 0 Å². The quantitative estimate of drug-likeness (QED) is 0.587. The summed E-state index contributed by atoms with van der Waals surface area (Å²) < 4.78 is 14.7. The van der Waals surface area contributed by atoms with Crippen molar-refractivity contribution in [2.45, 2.75) is 13.3 Å². The Kier molecular flexibility index (Phi) is 6.34. The first-order chi connectivity index (χ1) is 13.6. The van der Waals surface area contributed by atoms with E-state index in [4.69, 9.17) is 5.11 Å². The number of anilines is 2. The summed E-state index contributed by atoms with van der Waals surface area (Å²) in [5, 5.41) is 14.2. The highest BCUT2D eigenvalue weighted by molar-refractivity contribution is 5.95. The molecule has 1 heterocycles. The van der Waals surface area contributed by atoms with Crippen molar-refractivity contribution in [2.75, 3.05) is 18.5 Å². The van der Waals surface area contributed by atoms with Gasteiger partial charge in [-0.15, -0.1) is 0 Å². The smallest absolute Gasteiger partial charge is 0.254 e. The van der Waals surface area contributed by atoms with Crippen LogP contribution in [-0.4, -0.2) is 29.1 Å². The molecule has 0 unspecified atom stereocenters. The fourth-order valence-electron chi connectivity index (χ4n) is 2.92. The molecule has 0 aliphatic carbocycles. The number of halogens is 1. The highest BCUT2D eigenvalue weighted by Gasteiger charge is 2.15. The van der Waals surface area contributed by atoms with Crippen LogP contribution >= 0.6 is 0 Å². The van der Waals surface area contributed by atoms with Gasteiger partial charge in [0, 0.05) is 12.7 Å². The first kappa shape index (κ1) is 19.5. The lowest BCUT2D eigenvalue weighted by Gasteiger charge is -2.11. The van der Waals surface area contributed by atoms with Crippen molar-refractivity contribution in [3.8, 4) is 0 Å². The van der Waals surface area contributed by atoms with Gasteiger partial charge in [0.2, 0.25) is 0 Å². The van der Waals surface area contributed by atoms with Crippen LogP contribution in [0.3, 0.4) is 0 Å². The third-order valence-corrected chi connectivity index (χ3v) is 4.22. The van der Waals surface area contributed by atoms with Crippen LogP contribution in [0.4, 0.5) is 15.9 Å². The van der Waals surface area contributed by atoms with Crippen LogP contribution in [0.25, 0.3) is 0 Å². The number of nitrogens with one attached hydrogen (secondary N) is 2. The van der Waals surface area contributed by atoms with Crippen LogP contribution in [0.1, 0.15) is 27.0 Å².